The Bertz CT molecular complexity index is 220. The van der Waals surface area contributed by atoms with Gasteiger partial charge in [-0.25, -0.2) is 0 Å². The fourth-order valence-electron chi connectivity index (χ4n) is 2.13. The number of allylic oxidation sites excluding steroid dienone is 2. The molecule has 0 aromatic rings. The standard InChI is InChI=1S/C9H11ClO/c10-7-2-3-8-6(5-7)1-4-9(8)11/h2,6,8H,1,3-5H2/t6-,8+/m1/s1. The maximum absolute atomic E-state index is 11.2. The first kappa shape index (κ1) is 7.35. The summed E-state index contributed by atoms with van der Waals surface area (Å²) in [6.45, 7) is 0. The van der Waals surface area contributed by atoms with Crippen LogP contribution in [0.4, 0.5) is 0 Å². The van der Waals surface area contributed by atoms with Gasteiger partial charge in [-0.15, -0.1) is 0 Å². The van der Waals surface area contributed by atoms with Crippen LogP contribution < -0.4 is 0 Å². The van der Waals surface area contributed by atoms with Gasteiger partial charge in [0.05, 0.1) is 0 Å². The van der Waals surface area contributed by atoms with Crippen molar-refractivity contribution in [1.29, 1.82) is 0 Å². The molecule has 0 aromatic heterocycles. The summed E-state index contributed by atoms with van der Waals surface area (Å²) in [7, 11) is 0. The Morgan fingerprint density at radius 1 is 1.55 bits per heavy atom. The molecule has 2 heteroatoms. The molecule has 0 aliphatic heterocycles. The number of ketones is 1. The van der Waals surface area contributed by atoms with Gasteiger partial charge in [0.15, 0.2) is 0 Å². The van der Waals surface area contributed by atoms with Gasteiger partial charge in [-0.2, -0.15) is 0 Å². The first-order valence-electron chi connectivity index (χ1n) is 4.14. The zero-order chi connectivity index (χ0) is 7.84. The van der Waals surface area contributed by atoms with E-state index in [9.17, 15) is 4.79 Å². The quantitative estimate of drug-likeness (QED) is 0.546. The summed E-state index contributed by atoms with van der Waals surface area (Å²) in [5.41, 5.74) is 0. The van der Waals surface area contributed by atoms with E-state index in [2.05, 4.69) is 0 Å². The van der Waals surface area contributed by atoms with E-state index in [4.69, 9.17) is 11.6 Å². The van der Waals surface area contributed by atoms with E-state index in [0.717, 1.165) is 30.7 Å². The molecule has 0 N–H and O–H groups in total. The van der Waals surface area contributed by atoms with Crippen LogP contribution in [0.25, 0.3) is 0 Å². The molecule has 1 nitrogen and oxygen atoms in total. The molecular formula is C9H11ClO. The molecule has 0 heterocycles. The van der Waals surface area contributed by atoms with Crippen LogP contribution in [0.3, 0.4) is 0 Å². The van der Waals surface area contributed by atoms with Crippen molar-refractivity contribution in [3.63, 3.8) is 0 Å². The van der Waals surface area contributed by atoms with Crippen LogP contribution >= 0.6 is 11.6 Å². The van der Waals surface area contributed by atoms with E-state index < -0.39 is 0 Å². The van der Waals surface area contributed by atoms with Gasteiger partial charge in [0.1, 0.15) is 5.78 Å². The number of hydrogen-bond acceptors (Lipinski definition) is 1. The molecule has 11 heavy (non-hydrogen) atoms. The zero-order valence-corrected chi connectivity index (χ0v) is 7.10. The summed E-state index contributed by atoms with van der Waals surface area (Å²) in [5.74, 6) is 1.34. The Hall–Kier alpha value is -0.300. The number of carbonyl (C=O) groups excluding carboxylic acids is 1. The Kier molecular flexibility index (Phi) is 1.76. The fourth-order valence-corrected chi connectivity index (χ4v) is 2.42. The summed E-state index contributed by atoms with van der Waals surface area (Å²) in [4.78, 5) is 11.2. The van der Waals surface area contributed by atoms with Gasteiger partial charge < -0.3 is 0 Å². The normalized spacial score (nSPS) is 36.8. The minimum atomic E-state index is 0.317. The third-order valence-electron chi connectivity index (χ3n) is 2.79. The Morgan fingerprint density at radius 2 is 2.36 bits per heavy atom. The predicted molar refractivity (Wildman–Crippen MR) is 44.4 cm³/mol. The fraction of sp³-hybridized carbons (Fsp3) is 0.667. The summed E-state index contributed by atoms with van der Waals surface area (Å²) < 4.78 is 0. The molecule has 0 amide bonds. The molecule has 2 atom stereocenters. The van der Waals surface area contributed by atoms with Crippen LogP contribution in [0, 0.1) is 11.8 Å². The number of Topliss-reactive ketones (excluding diaryl/α,β-unsaturated/α-hetero) is 1. The van der Waals surface area contributed by atoms with Crippen LogP contribution in [0.15, 0.2) is 11.1 Å². The summed E-state index contributed by atoms with van der Waals surface area (Å²) in [6.07, 6.45) is 5.69. The molecule has 2 aliphatic rings. The van der Waals surface area contributed by atoms with Gasteiger partial charge in [0.25, 0.3) is 0 Å². The summed E-state index contributed by atoms with van der Waals surface area (Å²) >= 11 is 5.88. The van der Waals surface area contributed by atoms with Crippen LogP contribution in [0.5, 0.6) is 0 Å². The number of hydrogen-bond donors (Lipinski definition) is 0. The van der Waals surface area contributed by atoms with Crippen molar-refractivity contribution in [1.82, 2.24) is 0 Å². The van der Waals surface area contributed by atoms with E-state index >= 15 is 0 Å². The van der Waals surface area contributed by atoms with Crippen molar-refractivity contribution in [3.8, 4) is 0 Å². The average molecular weight is 171 g/mol. The Labute approximate surface area is 71.4 Å². The van der Waals surface area contributed by atoms with Crippen molar-refractivity contribution in [2.75, 3.05) is 0 Å². The Balaban J connectivity index is 2.17. The van der Waals surface area contributed by atoms with Crippen LogP contribution in [-0.4, -0.2) is 5.78 Å². The van der Waals surface area contributed by atoms with Crippen molar-refractivity contribution in [3.05, 3.63) is 11.1 Å². The minimum absolute atomic E-state index is 0.317. The second-order valence-electron chi connectivity index (χ2n) is 3.46. The molecule has 60 valence electrons. The minimum Gasteiger partial charge on any atom is -0.299 e. The molecule has 2 rings (SSSR count). The maximum atomic E-state index is 11.2. The van der Waals surface area contributed by atoms with E-state index in [1.165, 1.54) is 0 Å². The van der Waals surface area contributed by atoms with Gasteiger partial charge in [0.2, 0.25) is 0 Å². The van der Waals surface area contributed by atoms with Gasteiger partial charge in [0, 0.05) is 17.4 Å². The lowest BCUT2D eigenvalue weighted by Gasteiger charge is -2.20. The number of halogens is 1. The highest BCUT2D eigenvalue weighted by Gasteiger charge is 2.35. The van der Waals surface area contributed by atoms with Crippen molar-refractivity contribution >= 4 is 17.4 Å². The molecule has 1 fully saturated rings. The molecule has 0 unspecified atom stereocenters. The number of rotatable bonds is 0. The lowest BCUT2D eigenvalue weighted by atomic mass is 9.85. The monoisotopic (exact) mass is 170 g/mol. The van der Waals surface area contributed by atoms with E-state index in [-0.39, 0.29) is 0 Å². The van der Waals surface area contributed by atoms with Crippen molar-refractivity contribution < 1.29 is 4.79 Å². The zero-order valence-electron chi connectivity index (χ0n) is 6.35. The highest BCUT2D eigenvalue weighted by molar-refractivity contribution is 6.29. The third kappa shape index (κ3) is 1.22. The summed E-state index contributed by atoms with van der Waals surface area (Å²) in [5, 5.41) is 0.959. The van der Waals surface area contributed by atoms with Gasteiger partial charge in [-0.1, -0.05) is 17.7 Å². The molecular weight excluding hydrogens is 160 g/mol. The second kappa shape index (κ2) is 2.63. The van der Waals surface area contributed by atoms with Crippen molar-refractivity contribution in [2.24, 2.45) is 11.8 Å². The van der Waals surface area contributed by atoms with Gasteiger partial charge in [-0.3, -0.25) is 4.79 Å². The first-order valence-corrected chi connectivity index (χ1v) is 4.52. The van der Waals surface area contributed by atoms with E-state index in [1.54, 1.807) is 0 Å². The molecule has 0 radical (unpaired) electrons. The maximum Gasteiger partial charge on any atom is 0.136 e. The first-order chi connectivity index (χ1) is 5.27. The summed E-state index contributed by atoms with van der Waals surface area (Å²) in [6, 6.07) is 0. The smallest absolute Gasteiger partial charge is 0.136 e. The highest BCUT2D eigenvalue weighted by atomic mass is 35.5. The van der Waals surface area contributed by atoms with Crippen LogP contribution in [-0.2, 0) is 4.79 Å². The number of carbonyl (C=O) groups is 1. The SMILES string of the molecule is O=C1CC[C@@H]2CC(Cl)=CC[C@H]12. The van der Waals surface area contributed by atoms with Crippen LogP contribution in [0.1, 0.15) is 25.7 Å². The average Bonchev–Trinajstić information content (AvgIpc) is 2.32. The molecule has 0 aromatic carbocycles. The third-order valence-corrected chi connectivity index (χ3v) is 3.10. The van der Waals surface area contributed by atoms with E-state index in [1.807, 2.05) is 6.08 Å². The van der Waals surface area contributed by atoms with Crippen molar-refractivity contribution in [2.45, 2.75) is 25.7 Å². The predicted octanol–water partition coefficient (Wildman–Crippen LogP) is 2.50. The molecule has 0 spiro atoms. The second-order valence-corrected chi connectivity index (χ2v) is 3.95. The number of fused-ring (bicyclic) bond motifs is 1. The van der Waals surface area contributed by atoms with Gasteiger partial charge in [-0.05, 0) is 25.2 Å². The molecule has 1 saturated carbocycles. The lowest BCUT2D eigenvalue weighted by Crippen LogP contribution is -2.17. The highest BCUT2D eigenvalue weighted by Crippen LogP contribution is 2.40. The molecule has 0 bridgehead atoms. The van der Waals surface area contributed by atoms with Gasteiger partial charge >= 0.3 is 0 Å². The largest absolute Gasteiger partial charge is 0.299 e. The molecule has 0 saturated heterocycles. The van der Waals surface area contributed by atoms with Crippen LogP contribution in [0.2, 0.25) is 0 Å². The molecule has 2 aliphatic carbocycles. The van der Waals surface area contributed by atoms with E-state index in [0.29, 0.717) is 17.6 Å². The topological polar surface area (TPSA) is 17.1 Å². The lowest BCUT2D eigenvalue weighted by molar-refractivity contribution is -0.121. The Morgan fingerprint density at radius 3 is 3.18 bits per heavy atom.